The number of aromatic carboxylic acids is 1. The predicted octanol–water partition coefficient (Wildman–Crippen LogP) is 2.21. The van der Waals surface area contributed by atoms with E-state index >= 15 is 0 Å². The number of nitriles is 1. The molecule has 1 N–H and O–H groups in total. The molecule has 0 heterocycles. The van der Waals surface area contributed by atoms with Gasteiger partial charge in [-0.3, -0.25) is 4.79 Å². The minimum Gasteiger partial charge on any atom is -0.545 e. The Morgan fingerprint density at radius 1 is 1.12 bits per heavy atom. The Kier molecular flexibility index (Phi) is 5.13. The van der Waals surface area contributed by atoms with Gasteiger partial charge in [0.05, 0.1) is 5.97 Å². The first-order valence-electron chi connectivity index (χ1n) is 7.22. The first-order chi connectivity index (χ1) is 11.4. The zero-order chi connectivity index (χ0) is 17.7. The Morgan fingerprint density at radius 2 is 1.79 bits per heavy atom. The van der Waals surface area contributed by atoms with E-state index in [0.717, 1.165) is 11.1 Å². The number of carboxylic acids is 1. The van der Waals surface area contributed by atoms with Gasteiger partial charge in [0.25, 0.3) is 5.91 Å². The fourth-order valence-corrected chi connectivity index (χ4v) is 2.17. The summed E-state index contributed by atoms with van der Waals surface area (Å²) in [5.74, 6) is -1.80. The first kappa shape index (κ1) is 17.0. The second-order valence-corrected chi connectivity index (χ2v) is 5.35. The number of anilines is 1. The molecule has 0 atom stereocenters. The molecule has 0 bridgehead atoms. The number of hydrogen-bond donors (Lipinski definition) is 1. The van der Waals surface area contributed by atoms with Crippen LogP contribution in [0.25, 0.3) is 6.08 Å². The third-order valence-corrected chi connectivity index (χ3v) is 3.45. The van der Waals surface area contributed by atoms with Crippen molar-refractivity contribution < 1.29 is 14.7 Å². The van der Waals surface area contributed by atoms with Crippen molar-refractivity contribution in [1.29, 1.82) is 5.26 Å². The smallest absolute Gasteiger partial charge is 0.266 e. The summed E-state index contributed by atoms with van der Waals surface area (Å²) >= 11 is 0. The SMILES string of the molecule is Cc1ccc(NC(=O)/C(C#N)=C/c2ccc(C(=O)[O-])cc2)c(C)c1. The average Bonchev–Trinajstić information content (AvgIpc) is 2.55. The number of carboxylic acid groups (broad SMARTS) is 1. The zero-order valence-electron chi connectivity index (χ0n) is 13.3. The van der Waals surface area contributed by atoms with E-state index in [1.54, 1.807) is 6.07 Å². The fourth-order valence-electron chi connectivity index (χ4n) is 2.17. The molecule has 24 heavy (non-hydrogen) atoms. The monoisotopic (exact) mass is 319 g/mol. The van der Waals surface area contributed by atoms with Crippen LogP contribution in [0.4, 0.5) is 5.69 Å². The molecule has 0 aliphatic heterocycles. The standard InChI is InChI=1S/C19H16N2O3/c1-12-3-8-17(13(2)9-12)21-18(22)16(11-20)10-14-4-6-15(7-5-14)19(23)24/h3-10H,1-2H3,(H,21,22)(H,23,24)/p-1/b16-10+. The highest BCUT2D eigenvalue weighted by Gasteiger charge is 2.11. The lowest BCUT2D eigenvalue weighted by atomic mass is 10.1. The van der Waals surface area contributed by atoms with Crippen LogP contribution in [0.15, 0.2) is 48.0 Å². The van der Waals surface area contributed by atoms with Crippen molar-refractivity contribution >= 4 is 23.6 Å². The number of rotatable bonds is 4. The Balaban J connectivity index is 2.22. The van der Waals surface area contributed by atoms with E-state index in [1.807, 2.05) is 32.0 Å². The zero-order valence-corrected chi connectivity index (χ0v) is 13.3. The van der Waals surface area contributed by atoms with Gasteiger partial charge in [-0.2, -0.15) is 5.26 Å². The topological polar surface area (TPSA) is 93.0 Å². The number of carbonyl (C=O) groups is 2. The van der Waals surface area contributed by atoms with Crippen molar-refractivity contribution in [2.75, 3.05) is 5.32 Å². The lowest BCUT2D eigenvalue weighted by Gasteiger charge is -2.08. The number of nitrogens with zero attached hydrogens (tertiary/aromatic N) is 1. The first-order valence-corrected chi connectivity index (χ1v) is 7.22. The van der Waals surface area contributed by atoms with Crippen molar-refractivity contribution in [3.05, 3.63) is 70.3 Å². The second-order valence-electron chi connectivity index (χ2n) is 5.35. The van der Waals surface area contributed by atoms with Crippen LogP contribution >= 0.6 is 0 Å². The Hall–Kier alpha value is -3.39. The Morgan fingerprint density at radius 3 is 2.33 bits per heavy atom. The maximum absolute atomic E-state index is 12.3. The van der Waals surface area contributed by atoms with E-state index < -0.39 is 11.9 Å². The minimum atomic E-state index is -1.28. The van der Waals surface area contributed by atoms with Crippen molar-refractivity contribution in [3.8, 4) is 6.07 Å². The highest BCUT2D eigenvalue weighted by atomic mass is 16.4. The summed E-state index contributed by atoms with van der Waals surface area (Å²) in [6.07, 6.45) is 1.40. The van der Waals surface area contributed by atoms with E-state index in [-0.39, 0.29) is 11.1 Å². The molecular formula is C19H15N2O3-. The van der Waals surface area contributed by atoms with Crippen molar-refractivity contribution in [2.45, 2.75) is 13.8 Å². The van der Waals surface area contributed by atoms with Crippen molar-refractivity contribution in [2.24, 2.45) is 0 Å². The molecule has 0 aromatic heterocycles. The van der Waals surface area contributed by atoms with Gasteiger partial charge in [-0.05, 0) is 42.7 Å². The number of benzene rings is 2. The molecule has 2 aromatic carbocycles. The van der Waals surface area contributed by atoms with Crippen LogP contribution in [0, 0.1) is 25.2 Å². The van der Waals surface area contributed by atoms with Crippen molar-refractivity contribution in [1.82, 2.24) is 0 Å². The molecule has 0 aliphatic rings. The maximum atomic E-state index is 12.3. The molecular weight excluding hydrogens is 304 g/mol. The Labute approximate surface area is 139 Å². The van der Waals surface area contributed by atoms with E-state index in [0.29, 0.717) is 11.3 Å². The third-order valence-electron chi connectivity index (χ3n) is 3.45. The molecule has 5 heteroatoms. The molecule has 0 saturated carbocycles. The van der Waals surface area contributed by atoms with E-state index in [9.17, 15) is 20.0 Å². The molecule has 0 unspecified atom stereocenters. The molecule has 5 nitrogen and oxygen atoms in total. The number of aryl methyl sites for hydroxylation is 2. The summed E-state index contributed by atoms with van der Waals surface area (Å²) < 4.78 is 0. The largest absolute Gasteiger partial charge is 0.545 e. The summed E-state index contributed by atoms with van der Waals surface area (Å²) in [6.45, 7) is 3.83. The van der Waals surface area contributed by atoms with Gasteiger partial charge >= 0.3 is 0 Å². The van der Waals surface area contributed by atoms with E-state index in [4.69, 9.17) is 0 Å². The highest BCUT2D eigenvalue weighted by Crippen LogP contribution is 2.17. The van der Waals surface area contributed by atoms with Gasteiger partial charge in [0, 0.05) is 5.69 Å². The van der Waals surface area contributed by atoms with E-state index in [1.165, 1.54) is 30.3 Å². The molecule has 0 saturated heterocycles. The fraction of sp³-hybridized carbons (Fsp3) is 0.105. The summed E-state index contributed by atoms with van der Waals surface area (Å²) in [7, 11) is 0. The van der Waals surface area contributed by atoms with Crippen LogP contribution in [-0.4, -0.2) is 11.9 Å². The normalized spacial score (nSPS) is 10.8. The van der Waals surface area contributed by atoms with Gasteiger partial charge in [0.2, 0.25) is 0 Å². The van der Waals surface area contributed by atoms with Crippen LogP contribution in [0.3, 0.4) is 0 Å². The molecule has 1 amide bonds. The molecule has 0 spiro atoms. The lowest BCUT2D eigenvalue weighted by molar-refractivity contribution is -0.255. The highest BCUT2D eigenvalue weighted by molar-refractivity contribution is 6.10. The number of nitrogens with one attached hydrogen (secondary N) is 1. The molecule has 2 rings (SSSR count). The number of hydrogen-bond acceptors (Lipinski definition) is 4. The van der Waals surface area contributed by atoms with Gasteiger partial charge in [-0.15, -0.1) is 0 Å². The van der Waals surface area contributed by atoms with Crippen LogP contribution in [0.1, 0.15) is 27.0 Å². The van der Waals surface area contributed by atoms with Gasteiger partial charge < -0.3 is 15.2 Å². The predicted molar refractivity (Wildman–Crippen MR) is 88.9 cm³/mol. The molecule has 2 aromatic rings. The molecule has 0 aliphatic carbocycles. The molecule has 120 valence electrons. The van der Waals surface area contributed by atoms with E-state index in [2.05, 4.69) is 5.32 Å². The van der Waals surface area contributed by atoms with Gasteiger partial charge in [-0.1, -0.05) is 42.0 Å². The molecule has 0 fully saturated rings. The Bertz CT molecular complexity index is 859. The van der Waals surface area contributed by atoms with Crippen LogP contribution in [0.5, 0.6) is 0 Å². The van der Waals surface area contributed by atoms with Gasteiger partial charge in [-0.25, -0.2) is 0 Å². The minimum absolute atomic E-state index is 0.0328. The van der Waals surface area contributed by atoms with Gasteiger partial charge in [0.15, 0.2) is 0 Å². The lowest BCUT2D eigenvalue weighted by Crippen LogP contribution is -2.21. The van der Waals surface area contributed by atoms with Gasteiger partial charge in [0.1, 0.15) is 11.6 Å². The summed E-state index contributed by atoms with van der Waals surface area (Å²) in [4.78, 5) is 23.0. The summed E-state index contributed by atoms with van der Waals surface area (Å²) in [5.41, 5.74) is 3.13. The number of amides is 1. The molecule has 0 radical (unpaired) electrons. The van der Waals surface area contributed by atoms with Crippen LogP contribution in [0.2, 0.25) is 0 Å². The second kappa shape index (κ2) is 7.25. The number of carbonyl (C=O) groups excluding carboxylic acids is 2. The average molecular weight is 319 g/mol. The summed E-state index contributed by atoms with van der Waals surface area (Å²) in [5, 5.41) is 22.6. The van der Waals surface area contributed by atoms with Crippen LogP contribution in [-0.2, 0) is 4.79 Å². The van der Waals surface area contributed by atoms with Crippen molar-refractivity contribution in [3.63, 3.8) is 0 Å². The summed E-state index contributed by atoms with van der Waals surface area (Å²) in [6, 6.07) is 13.2. The maximum Gasteiger partial charge on any atom is 0.266 e. The third kappa shape index (κ3) is 4.08. The van der Waals surface area contributed by atoms with Crippen LogP contribution < -0.4 is 10.4 Å². The quantitative estimate of drug-likeness (QED) is 0.690.